The molecule has 0 bridgehead atoms. The molecule has 2 unspecified atom stereocenters. The fraction of sp³-hybridized carbons (Fsp3) is 0.350. The summed E-state index contributed by atoms with van der Waals surface area (Å²) in [6, 6.07) is 1.01. The highest BCUT2D eigenvalue weighted by Gasteiger charge is 2.38. The van der Waals surface area contributed by atoms with Gasteiger partial charge in [0.15, 0.2) is 11.6 Å². The number of carbonyl (C=O) groups is 2. The summed E-state index contributed by atoms with van der Waals surface area (Å²) in [4.78, 5) is 29.6. The molecule has 4 rings (SSSR count). The van der Waals surface area contributed by atoms with Gasteiger partial charge in [0.2, 0.25) is 0 Å². The Morgan fingerprint density at radius 3 is 2.69 bits per heavy atom. The van der Waals surface area contributed by atoms with Gasteiger partial charge in [-0.05, 0) is 32.0 Å². The summed E-state index contributed by atoms with van der Waals surface area (Å²) in [6.45, 7) is 2.66. The van der Waals surface area contributed by atoms with Crippen molar-refractivity contribution in [1.82, 2.24) is 25.0 Å². The van der Waals surface area contributed by atoms with E-state index in [1.807, 2.05) is 5.32 Å². The minimum atomic E-state index is -4.61. The van der Waals surface area contributed by atoms with Gasteiger partial charge in [-0.25, -0.2) is 8.78 Å². The number of amides is 2. The standard InChI is InChI=1S/C20H18F5N5O2/c1-9-7-30-16(12(6-26-30)18(31)27-10(2)20(23,24)25)8-29(9)19(32)15-5-11-14(28-15)4-3-13(21)17(11)22/h3-6,9-10,28H,7-8H2,1-2H3,(H,27,31). The Hall–Kier alpha value is -3.44. The zero-order valence-corrected chi connectivity index (χ0v) is 16.9. The molecule has 2 atom stereocenters. The van der Waals surface area contributed by atoms with Crippen molar-refractivity contribution in [3.8, 4) is 0 Å². The average molecular weight is 455 g/mol. The summed E-state index contributed by atoms with van der Waals surface area (Å²) in [5.74, 6) is -3.62. The van der Waals surface area contributed by atoms with Crippen molar-refractivity contribution in [2.24, 2.45) is 0 Å². The Kier molecular flexibility index (Phi) is 5.18. The van der Waals surface area contributed by atoms with E-state index in [0.717, 1.165) is 19.2 Å². The predicted octanol–water partition coefficient (Wildman–Crippen LogP) is 3.37. The first-order valence-corrected chi connectivity index (χ1v) is 9.67. The summed E-state index contributed by atoms with van der Waals surface area (Å²) < 4.78 is 67.4. The minimum Gasteiger partial charge on any atom is -0.350 e. The maximum Gasteiger partial charge on any atom is 0.408 e. The first-order valence-electron chi connectivity index (χ1n) is 9.67. The van der Waals surface area contributed by atoms with Crippen LogP contribution in [0.3, 0.4) is 0 Å². The Labute approximate surface area is 178 Å². The number of carbonyl (C=O) groups excluding carboxylic acids is 2. The normalized spacial score (nSPS) is 17.3. The van der Waals surface area contributed by atoms with Crippen LogP contribution in [-0.4, -0.2) is 49.7 Å². The molecule has 0 fully saturated rings. The third-order valence-corrected chi connectivity index (χ3v) is 5.50. The molecule has 2 amide bonds. The lowest BCUT2D eigenvalue weighted by atomic mass is 10.1. The van der Waals surface area contributed by atoms with Crippen LogP contribution in [0.15, 0.2) is 24.4 Å². The highest BCUT2D eigenvalue weighted by Crippen LogP contribution is 2.26. The smallest absolute Gasteiger partial charge is 0.350 e. The number of nitrogens with zero attached hydrogens (tertiary/aromatic N) is 3. The molecule has 0 aliphatic carbocycles. The van der Waals surface area contributed by atoms with Gasteiger partial charge < -0.3 is 15.2 Å². The van der Waals surface area contributed by atoms with Gasteiger partial charge in [-0.2, -0.15) is 18.3 Å². The van der Waals surface area contributed by atoms with Crippen LogP contribution >= 0.6 is 0 Å². The van der Waals surface area contributed by atoms with Crippen molar-refractivity contribution in [3.63, 3.8) is 0 Å². The molecule has 3 heterocycles. The van der Waals surface area contributed by atoms with Crippen LogP contribution in [0, 0.1) is 11.6 Å². The minimum absolute atomic E-state index is 0.0148. The number of hydrogen-bond acceptors (Lipinski definition) is 3. The first kappa shape index (κ1) is 21.8. The number of benzene rings is 1. The Bertz CT molecular complexity index is 1220. The van der Waals surface area contributed by atoms with E-state index < -0.39 is 35.7 Å². The second-order valence-electron chi connectivity index (χ2n) is 7.71. The maximum atomic E-state index is 14.0. The molecule has 0 saturated heterocycles. The van der Waals surface area contributed by atoms with Gasteiger partial charge in [-0.15, -0.1) is 0 Å². The van der Waals surface area contributed by atoms with E-state index >= 15 is 0 Å². The largest absolute Gasteiger partial charge is 0.408 e. The molecule has 0 spiro atoms. The van der Waals surface area contributed by atoms with E-state index in [0.29, 0.717) is 0 Å². The number of aromatic amines is 1. The molecular weight excluding hydrogens is 437 g/mol. The Morgan fingerprint density at radius 1 is 1.28 bits per heavy atom. The molecule has 12 heteroatoms. The van der Waals surface area contributed by atoms with E-state index in [1.165, 1.54) is 21.7 Å². The fourth-order valence-electron chi connectivity index (χ4n) is 3.63. The summed E-state index contributed by atoms with van der Waals surface area (Å²) in [7, 11) is 0. The molecule has 0 radical (unpaired) electrons. The maximum absolute atomic E-state index is 14.0. The lowest BCUT2D eigenvalue weighted by Gasteiger charge is -2.34. The molecule has 7 nitrogen and oxygen atoms in total. The lowest BCUT2D eigenvalue weighted by Crippen LogP contribution is -2.46. The number of nitrogens with one attached hydrogen (secondary N) is 2. The van der Waals surface area contributed by atoms with Crippen molar-refractivity contribution in [2.45, 2.75) is 45.2 Å². The van der Waals surface area contributed by atoms with Crippen molar-refractivity contribution < 1.29 is 31.5 Å². The number of hydrogen-bond donors (Lipinski definition) is 2. The van der Waals surface area contributed by atoms with Crippen molar-refractivity contribution >= 4 is 22.7 Å². The zero-order chi connectivity index (χ0) is 23.4. The van der Waals surface area contributed by atoms with Crippen molar-refractivity contribution in [2.75, 3.05) is 0 Å². The van der Waals surface area contributed by atoms with E-state index in [9.17, 15) is 31.5 Å². The molecule has 1 aliphatic heterocycles. The number of halogens is 5. The van der Waals surface area contributed by atoms with Gasteiger partial charge in [-0.3, -0.25) is 14.3 Å². The zero-order valence-electron chi connectivity index (χ0n) is 16.9. The number of fused-ring (bicyclic) bond motifs is 2. The molecule has 1 aromatic carbocycles. The number of rotatable bonds is 3. The van der Waals surface area contributed by atoms with Gasteiger partial charge in [0.25, 0.3) is 11.8 Å². The fourth-order valence-corrected chi connectivity index (χ4v) is 3.63. The topological polar surface area (TPSA) is 83.0 Å². The molecule has 2 aromatic heterocycles. The van der Waals surface area contributed by atoms with Crippen LogP contribution in [0.1, 0.15) is 40.4 Å². The van der Waals surface area contributed by atoms with Crippen LogP contribution in [0.2, 0.25) is 0 Å². The van der Waals surface area contributed by atoms with Gasteiger partial charge in [0.1, 0.15) is 11.7 Å². The van der Waals surface area contributed by atoms with Gasteiger partial charge >= 0.3 is 6.18 Å². The molecule has 3 aromatic rings. The molecule has 1 aliphatic rings. The van der Waals surface area contributed by atoms with Crippen molar-refractivity contribution in [1.29, 1.82) is 0 Å². The van der Waals surface area contributed by atoms with Crippen LogP contribution < -0.4 is 5.32 Å². The van der Waals surface area contributed by atoms with Gasteiger partial charge in [-0.1, -0.05) is 0 Å². The molecule has 2 N–H and O–H groups in total. The Morgan fingerprint density at radius 2 is 2.00 bits per heavy atom. The number of aromatic nitrogens is 3. The predicted molar refractivity (Wildman–Crippen MR) is 103 cm³/mol. The number of H-pyrrole nitrogens is 1. The summed E-state index contributed by atoms with van der Waals surface area (Å²) in [6.07, 6.45) is -3.45. The molecular formula is C20H18F5N5O2. The summed E-state index contributed by atoms with van der Waals surface area (Å²) in [5, 5.41) is 5.86. The van der Waals surface area contributed by atoms with Crippen LogP contribution in [0.4, 0.5) is 22.0 Å². The van der Waals surface area contributed by atoms with Gasteiger partial charge in [0.05, 0.1) is 30.5 Å². The second-order valence-corrected chi connectivity index (χ2v) is 7.71. The quantitative estimate of drug-likeness (QED) is 0.595. The molecule has 32 heavy (non-hydrogen) atoms. The SMILES string of the molecule is CC1Cn2ncc(C(=O)NC(C)C(F)(F)F)c2CN1C(=O)c1cc2c(F)c(F)ccc2[nH]1. The van der Waals surface area contributed by atoms with Crippen molar-refractivity contribution in [3.05, 3.63) is 53.0 Å². The first-order chi connectivity index (χ1) is 15.0. The van der Waals surface area contributed by atoms with E-state index in [-0.39, 0.29) is 47.0 Å². The molecule has 170 valence electrons. The van der Waals surface area contributed by atoms with Crippen LogP contribution in [-0.2, 0) is 13.1 Å². The van der Waals surface area contributed by atoms with Gasteiger partial charge in [0, 0.05) is 16.9 Å². The Balaban J connectivity index is 1.61. The lowest BCUT2D eigenvalue weighted by molar-refractivity contribution is -0.149. The summed E-state index contributed by atoms with van der Waals surface area (Å²) >= 11 is 0. The second kappa shape index (κ2) is 7.61. The van der Waals surface area contributed by atoms with E-state index in [2.05, 4.69) is 10.1 Å². The number of alkyl halides is 3. The third kappa shape index (κ3) is 3.69. The average Bonchev–Trinajstić information content (AvgIpc) is 3.33. The highest BCUT2D eigenvalue weighted by molar-refractivity contribution is 5.99. The van der Waals surface area contributed by atoms with Crippen LogP contribution in [0.25, 0.3) is 10.9 Å². The van der Waals surface area contributed by atoms with E-state index in [4.69, 9.17) is 0 Å². The summed E-state index contributed by atoms with van der Waals surface area (Å²) in [5.41, 5.74) is 0.455. The van der Waals surface area contributed by atoms with E-state index in [1.54, 1.807) is 6.92 Å². The highest BCUT2D eigenvalue weighted by atomic mass is 19.4. The molecule has 0 saturated carbocycles. The monoisotopic (exact) mass is 455 g/mol. The van der Waals surface area contributed by atoms with Crippen LogP contribution in [0.5, 0.6) is 0 Å². The third-order valence-electron chi connectivity index (χ3n) is 5.50.